The fourth-order valence-electron chi connectivity index (χ4n) is 1.47. The van der Waals surface area contributed by atoms with Gasteiger partial charge in [-0.05, 0) is 23.8 Å². The Kier molecular flexibility index (Phi) is 5.54. The molecule has 0 bridgehead atoms. The SMILES string of the molecule is Cl.ClCc1ncccc1-c1ccc(Cl)c(Cl)c1. The number of aromatic nitrogens is 1. The number of rotatable bonds is 2. The van der Waals surface area contributed by atoms with Crippen LogP contribution in [0.1, 0.15) is 5.69 Å². The molecule has 0 atom stereocenters. The number of halogens is 4. The summed E-state index contributed by atoms with van der Waals surface area (Å²) in [5, 5.41) is 1.07. The van der Waals surface area contributed by atoms with Crippen LogP contribution in [0.2, 0.25) is 10.0 Å². The zero-order chi connectivity index (χ0) is 11.5. The van der Waals surface area contributed by atoms with Crippen molar-refractivity contribution in [2.24, 2.45) is 0 Å². The molecule has 90 valence electrons. The third-order valence-electron chi connectivity index (χ3n) is 2.25. The van der Waals surface area contributed by atoms with E-state index in [0.717, 1.165) is 16.8 Å². The Morgan fingerprint density at radius 1 is 1.06 bits per heavy atom. The average molecular weight is 309 g/mol. The molecule has 1 heterocycles. The van der Waals surface area contributed by atoms with E-state index in [1.807, 2.05) is 24.3 Å². The van der Waals surface area contributed by atoms with E-state index < -0.39 is 0 Å². The molecule has 0 N–H and O–H groups in total. The number of hydrogen-bond donors (Lipinski definition) is 0. The van der Waals surface area contributed by atoms with Gasteiger partial charge >= 0.3 is 0 Å². The quantitative estimate of drug-likeness (QED) is 0.693. The van der Waals surface area contributed by atoms with E-state index >= 15 is 0 Å². The van der Waals surface area contributed by atoms with Crippen molar-refractivity contribution in [3.8, 4) is 11.1 Å². The van der Waals surface area contributed by atoms with Crippen molar-refractivity contribution < 1.29 is 0 Å². The van der Waals surface area contributed by atoms with Crippen LogP contribution in [0.5, 0.6) is 0 Å². The predicted molar refractivity (Wildman–Crippen MR) is 76.5 cm³/mol. The molecule has 0 aliphatic heterocycles. The van der Waals surface area contributed by atoms with E-state index in [0.29, 0.717) is 15.9 Å². The smallest absolute Gasteiger partial charge is 0.0653 e. The molecule has 1 aromatic carbocycles. The lowest BCUT2D eigenvalue weighted by Gasteiger charge is -2.07. The summed E-state index contributed by atoms with van der Waals surface area (Å²) in [6.07, 6.45) is 1.72. The number of hydrogen-bond acceptors (Lipinski definition) is 1. The summed E-state index contributed by atoms with van der Waals surface area (Å²) in [4.78, 5) is 4.22. The Morgan fingerprint density at radius 3 is 2.47 bits per heavy atom. The molecule has 0 aliphatic carbocycles. The van der Waals surface area contributed by atoms with Gasteiger partial charge in [0, 0.05) is 11.8 Å². The Balaban J connectivity index is 0.00000144. The minimum Gasteiger partial charge on any atom is -0.259 e. The third kappa shape index (κ3) is 3.26. The van der Waals surface area contributed by atoms with Gasteiger partial charge in [0.25, 0.3) is 0 Å². The Bertz CT molecular complexity index is 514. The van der Waals surface area contributed by atoms with Crippen LogP contribution in [0.3, 0.4) is 0 Å². The highest BCUT2D eigenvalue weighted by molar-refractivity contribution is 6.42. The molecular formula is C12H9Cl4N. The molecule has 1 aromatic heterocycles. The van der Waals surface area contributed by atoms with Crippen molar-refractivity contribution in [1.82, 2.24) is 4.98 Å². The second kappa shape index (κ2) is 6.46. The third-order valence-corrected chi connectivity index (χ3v) is 3.24. The number of alkyl halides is 1. The maximum atomic E-state index is 5.97. The number of pyridine rings is 1. The Hall–Kier alpha value is -0.470. The van der Waals surface area contributed by atoms with Gasteiger partial charge in [0.2, 0.25) is 0 Å². The van der Waals surface area contributed by atoms with Crippen LogP contribution >= 0.6 is 47.2 Å². The summed E-state index contributed by atoms with van der Waals surface area (Å²) in [5.74, 6) is 0.371. The monoisotopic (exact) mass is 307 g/mol. The maximum absolute atomic E-state index is 5.97. The van der Waals surface area contributed by atoms with Crippen LogP contribution < -0.4 is 0 Å². The lowest BCUT2D eigenvalue weighted by molar-refractivity contribution is 1.17. The highest BCUT2D eigenvalue weighted by Gasteiger charge is 2.06. The van der Waals surface area contributed by atoms with Gasteiger partial charge in [-0.2, -0.15) is 0 Å². The van der Waals surface area contributed by atoms with Crippen molar-refractivity contribution in [3.63, 3.8) is 0 Å². The molecule has 2 aromatic rings. The molecule has 0 saturated heterocycles. The minimum atomic E-state index is 0. The fourth-order valence-corrected chi connectivity index (χ4v) is 1.98. The highest BCUT2D eigenvalue weighted by atomic mass is 35.5. The average Bonchev–Trinajstić information content (AvgIpc) is 2.32. The fraction of sp³-hybridized carbons (Fsp3) is 0.0833. The zero-order valence-corrected chi connectivity index (χ0v) is 11.7. The second-order valence-electron chi connectivity index (χ2n) is 3.26. The van der Waals surface area contributed by atoms with Crippen LogP contribution in [0, 0.1) is 0 Å². The lowest BCUT2D eigenvalue weighted by Crippen LogP contribution is -1.90. The van der Waals surface area contributed by atoms with Crippen LogP contribution in [0.15, 0.2) is 36.5 Å². The molecule has 0 radical (unpaired) electrons. The summed E-state index contributed by atoms with van der Waals surface area (Å²) in [6.45, 7) is 0. The molecule has 0 spiro atoms. The summed E-state index contributed by atoms with van der Waals surface area (Å²) in [5.41, 5.74) is 2.79. The molecule has 2 rings (SSSR count). The topological polar surface area (TPSA) is 12.9 Å². The van der Waals surface area contributed by atoms with E-state index in [-0.39, 0.29) is 12.4 Å². The van der Waals surface area contributed by atoms with Gasteiger partial charge < -0.3 is 0 Å². The van der Waals surface area contributed by atoms with Gasteiger partial charge in [-0.25, -0.2) is 0 Å². The Labute approximate surface area is 121 Å². The molecular weight excluding hydrogens is 300 g/mol. The van der Waals surface area contributed by atoms with Crippen molar-refractivity contribution in [2.75, 3.05) is 0 Å². The highest BCUT2D eigenvalue weighted by Crippen LogP contribution is 2.30. The first-order valence-electron chi connectivity index (χ1n) is 4.67. The first kappa shape index (κ1) is 14.6. The van der Waals surface area contributed by atoms with Crippen molar-refractivity contribution >= 4 is 47.2 Å². The number of nitrogens with zero attached hydrogens (tertiary/aromatic N) is 1. The molecule has 0 aliphatic rings. The zero-order valence-electron chi connectivity index (χ0n) is 8.66. The first-order chi connectivity index (χ1) is 7.72. The van der Waals surface area contributed by atoms with E-state index in [1.54, 1.807) is 12.3 Å². The van der Waals surface area contributed by atoms with Crippen LogP contribution in [-0.4, -0.2) is 4.98 Å². The molecule has 17 heavy (non-hydrogen) atoms. The second-order valence-corrected chi connectivity index (χ2v) is 4.34. The van der Waals surface area contributed by atoms with Crippen LogP contribution in [0.25, 0.3) is 11.1 Å². The van der Waals surface area contributed by atoms with Crippen molar-refractivity contribution in [2.45, 2.75) is 5.88 Å². The number of benzene rings is 1. The standard InChI is InChI=1S/C12H8Cl3N.ClH/c13-7-12-9(2-1-5-16-12)8-3-4-10(14)11(15)6-8;/h1-6H,7H2;1H. The summed E-state index contributed by atoms with van der Waals surface area (Å²) >= 11 is 17.7. The van der Waals surface area contributed by atoms with E-state index in [9.17, 15) is 0 Å². The lowest BCUT2D eigenvalue weighted by atomic mass is 10.0. The molecule has 5 heteroatoms. The first-order valence-corrected chi connectivity index (χ1v) is 5.96. The van der Waals surface area contributed by atoms with E-state index in [4.69, 9.17) is 34.8 Å². The van der Waals surface area contributed by atoms with Gasteiger partial charge in [0.15, 0.2) is 0 Å². The predicted octanol–water partition coefficient (Wildman–Crippen LogP) is 5.22. The van der Waals surface area contributed by atoms with Gasteiger partial charge in [-0.15, -0.1) is 24.0 Å². The molecule has 0 unspecified atom stereocenters. The normalized spacial score (nSPS) is 9.82. The van der Waals surface area contributed by atoms with Crippen molar-refractivity contribution in [1.29, 1.82) is 0 Å². The van der Waals surface area contributed by atoms with Gasteiger partial charge in [-0.1, -0.05) is 35.3 Å². The summed E-state index contributed by atoms with van der Waals surface area (Å²) in [6, 6.07) is 9.32. The molecule has 0 fully saturated rings. The summed E-state index contributed by atoms with van der Waals surface area (Å²) in [7, 11) is 0. The van der Waals surface area contributed by atoms with Gasteiger partial charge in [-0.3, -0.25) is 4.98 Å². The Morgan fingerprint density at radius 2 is 1.82 bits per heavy atom. The maximum Gasteiger partial charge on any atom is 0.0653 e. The largest absolute Gasteiger partial charge is 0.259 e. The van der Waals surface area contributed by atoms with Crippen LogP contribution in [-0.2, 0) is 5.88 Å². The van der Waals surface area contributed by atoms with E-state index in [2.05, 4.69) is 4.98 Å². The van der Waals surface area contributed by atoms with Gasteiger partial charge in [0.05, 0.1) is 21.6 Å². The van der Waals surface area contributed by atoms with Crippen LogP contribution in [0.4, 0.5) is 0 Å². The van der Waals surface area contributed by atoms with Crippen molar-refractivity contribution in [3.05, 3.63) is 52.3 Å². The molecule has 0 saturated carbocycles. The summed E-state index contributed by atoms with van der Waals surface area (Å²) < 4.78 is 0. The minimum absolute atomic E-state index is 0. The van der Waals surface area contributed by atoms with E-state index in [1.165, 1.54) is 0 Å². The molecule has 0 amide bonds. The molecule has 1 nitrogen and oxygen atoms in total. The van der Waals surface area contributed by atoms with Gasteiger partial charge in [0.1, 0.15) is 0 Å².